The predicted molar refractivity (Wildman–Crippen MR) is 144 cm³/mol. The zero-order chi connectivity index (χ0) is 23.2. The molecule has 172 valence electrons. The molecule has 1 aliphatic heterocycles. The summed E-state index contributed by atoms with van der Waals surface area (Å²) in [6.45, 7) is 0.858. The Hall–Kier alpha value is -2.99. The van der Waals surface area contributed by atoms with Crippen molar-refractivity contribution >= 4 is 50.6 Å². The zero-order valence-electron chi connectivity index (χ0n) is 18.4. The van der Waals surface area contributed by atoms with Crippen molar-refractivity contribution in [1.82, 2.24) is 9.97 Å². The largest absolute Gasteiger partial charge is 0.497 e. The van der Waals surface area contributed by atoms with E-state index in [1.54, 1.807) is 18.4 Å². The number of aromatic nitrogens is 2. The molecule has 0 saturated carbocycles. The lowest BCUT2D eigenvalue weighted by molar-refractivity contribution is 0.414. The maximum atomic E-state index is 6.35. The van der Waals surface area contributed by atoms with Crippen LogP contribution in [0.2, 0.25) is 10.0 Å². The summed E-state index contributed by atoms with van der Waals surface area (Å²) in [4.78, 5) is 11.1. The van der Waals surface area contributed by atoms with Gasteiger partial charge in [0.05, 0.1) is 18.8 Å². The number of methoxy groups -OCH3 is 1. The van der Waals surface area contributed by atoms with E-state index >= 15 is 0 Å². The first kappa shape index (κ1) is 21.5. The van der Waals surface area contributed by atoms with Crippen molar-refractivity contribution in [3.05, 3.63) is 99.0 Å². The van der Waals surface area contributed by atoms with Crippen LogP contribution in [0, 0.1) is 0 Å². The van der Waals surface area contributed by atoms with Crippen LogP contribution >= 0.6 is 34.5 Å². The Morgan fingerprint density at radius 3 is 2.56 bits per heavy atom. The van der Waals surface area contributed by atoms with Crippen LogP contribution in [0.5, 0.6) is 5.75 Å². The van der Waals surface area contributed by atoms with Crippen LogP contribution in [0.4, 0.5) is 5.13 Å². The maximum absolute atomic E-state index is 6.35. The molecular formula is C27H23Cl2N3OS. The molecule has 1 aliphatic rings. The molecule has 2 aromatic heterocycles. The Bertz CT molecular complexity index is 1480. The van der Waals surface area contributed by atoms with Gasteiger partial charge in [0, 0.05) is 45.6 Å². The number of ether oxygens (including phenoxy) is 1. The maximum Gasteiger partial charge on any atom is 0.186 e. The number of thiazole rings is 1. The number of hydrogen-bond donors (Lipinski definition) is 1. The molecular weight excluding hydrogens is 485 g/mol. The van der Waals surface area contributed by atoms with E-state index in [0.29, 0.717) is 0 Å². The molecule has 5 aromatic rings. The third-order valence-electron chi connectivity index (χ3n) is 6.40. The molecule has 7 heteroatoms. The van der Waals surface area contributed by atoms with Gasteiger partial charge in [-0.3, -0.25) is 0 Å². The topological polar surface area (TPSA) is 41.1 Å². The highest BCUT2D eigenvalue weighted by atomic mass is 35.5. The monoisotopic (exact) mass is 507 g/mol. The highest BCUT2D eigenvalue weighted by molar-refractivity contribution is 7.14. The number of anilines is 1. The predicted octanol–water partition coefficient (Wildman–Crippen LogP) is 8.00. The van der Waals surface area contributed by atoms with E-state index in [4.69, 9.17) is 32.9 Å². The Labute approximate surface area is 213 Å². The first-order valence-electron chi connectivity index (χ1n) is 11.0. The van der Waals surface area contributed by atoms with Gasteiger partial charge in [0.2, 0.25) is 0 Å². The fourth-order valence-corrected chi connectivity index (χ4v) is 5.94. The van der Waals surface area contributed by atoms with Crippen LogP contribution < -0.4 is 9.64 Å². The number of fused-ring (bicyclic) bond motifs is 3. The van der Waals surface area contributed by atoms with Crippen molar-refractivity contribution in [2.75, 3.05) is 18.6 Å². The molecule has 1 N–H and O–H groups in total. The van der Waals surface area contributed by atoms with E-state index in [2.05, 4.69) is 39.5 Å². The molecule has 1 atom stereocenters. The number of nitrogens with one attached hydrogen (secondary N) is 1. The summed E-state index contributed by atoms with van der Waals surface area (Å²) in [5.41, 5.74) is 6.82. The summed E-state index contributed by atoms with van der Waals surface area (Å²) >= 11 is 14.1. The number of rotatable bonds is 4. The van der Waals surface area contributed by atoms with E-state index in [9.17, 15) is 0 Å². The molecule has 3 aromatic carbocycles. The molecule has 0 spiro atoms. The summed E-state index contributed by atoms with van der Waals surface area (Å²) in [6.07, 6.45) is 0.915. The third kappa shape index (κ3) is 3.74. The van der Waals surface area contributed by atoms with Gasteiger partial charge in [0.15, 0.2) is 5.13 Å². The highest BCUT2D eigenvalue weighted by Gasteiger charge is 2.33. The fourth-order valence-electron chi connectivity index (χ4n) is 4.75. The van der Waals surface area contributed by atoms with E-state index in [1.165, 1.54) is 22.2 Å². The number of halogens is 2. The number of aromatic amines is 1. The highest BCUT2D eigenvalue weighted by Crippen LogP contribution is 2.43. The van der Waals surface area contributed by atoms with Crippen molar-refractivity contribution in [1.29, 1.82) is 0 Å². The molecule has 0 radical (unpaired) electrons. The lowest BCUT2D eigenvalue weighted by atomic mass is 9.92. The van der Waals surface area contributed by atoms with Crippen LogP contribution in [0.3, 0.4) is 0 Å². The Kier molecular flexibility index (Phi) is 5.48. The van der Waals surface area contributed by atoms with Crippen molar-refractivity contribution in [3.8, 4) is 17.0 Å². The van der Waals surface area contributed by atoms with Gasteiger partial charge in [-0.25, -0.2) is 4.98 Å². The Balaban J connectivity index is 0.00000253. The van der Waals surface area contributed by atoms with Crippen molar-refractivity contribution in [2.45, 2.75) is 12.5 Å². The van der Waals surface area contributed by atoms with E-state index in [-0.39, 0.29) is 7.47 Å². The fraction of sp³-hybridized carbons (Fsp3) is 0.148. The molecule has 3 heterocycles. The smallest absolute Gasteiger partial charge is 0.186 e. The molecule has 0 amide bonds. The lowest BCUT2D eigenvalue weighted by Gasteiger charge is -2.36. The SMILES string of the molecule is COc1ccc(C2c3[nH]c4ccc(Cl)cc4c3CCN2c2nc(-c3ccc(Cl)cc3)cs2)cc1.[HH]. The average molecular weight is 508 g/mol. The second kappa shape index (κ2) is 8.66. The molecule has 0 saturated heterocycles. The standard InChI is InChI=1S/C27H21Cl2N3OS.H2/c1-33-20-9-4-17(5-10-20)26-25-21(22-14-19(29)8-11-23(22)30-25)12-13-32(26)27-31-24(15-34-27)16-2-6-18(28)7-3-16;/h2-11,14-15,26,30H,12-13H2,1H3;1H. The van der Waals surface area contributed by atoms with Crippen LogP contribution in [0.15, 0.2) is 72.1 Å². The number of H-pyrrole nitrogens is 1. The number of benzene rings is 3. The molecule has 6 rings (SSSR count). The molecule has 4 nitrogen and oxygen atoms in total. The van der Waals surface area contributed by atoms with Crippen molar-refractivity contribution in [3.63, 3.8) is 0 Å². The minimum atomic E-state index is 0. The van der Waals surface area contributed by atoms with E-state index in [0.717, 1.165) is 50.7 Å². The Morgan fingerprint density at radius 2 is 1.79 bits per heavy atom. The van der Waals surface area contributed by atoms with Crippen LogP contribution in [-0.4, -0.2) is 23.6 Å². The van der Waals surface area contributed by atoms with Gasteiger partial charge >= 0.3 is 0 Å². The van der Waals surface area contributed by atoms with Gasteiger partial charge < -0.3 is 14.6 Å². The van der Waals surface area contributed by atoms with Gasteiger partial charge in [0.25, 0.3) is 0 Å². The molecule has 1 unspecified atom stereocenters. The van der Waals surface area contributed by atoms with Gasteiger partial charge in [0.1, 0.15) is 5.75 Å². The normalized spacial score (nSPS) is 15.5. The van der Waals surface area contributed by atoms with E-state index in [1.807, 2.05) is 42.5 Å². The molecule has 0 bridgehead atoms. The van der Waals surface area contributed by atoms with Gasteiger partial charge in [-0.1, -0.05) is 47.5 Å². The first-order valence-corrected chi connectivity index (χ1v) is 12.7. The van der Waals surface area contributed by atoms with Gasteiger partial charge in [-0.05, 0) is 60.0 Å². The lowest BCUT2D eigenvalue weighted by Crippen LogP contribution is -2.36. The van der Waals surface area contributed by atoms with Crippen LogP contribution in [0.25, 0.3) is 22.2 Å². The first-order chi connectivity index (χ1) is 16.6. The minimum absolute atomic E-state index is 0. The van der Waals surface area contributed by atoms with Crippen molar-refractivity contribution < 1.29 is 6.16 Å². The van der Waals surface area contributed by atoms with Gasteiger partial charge in [-0.2, -0.15) is 0 Å². The number of nitrogens with zero attached hydrogens (tertiary/aromatic N) is 2. The Morgan fingerprint density at radius 1 is 1.03 bits per heavy atom. The quantitative estimate of drug-likeness (QED) is 0.267. The molecule has 0 fully saturated rings. The summed E-state index contributed by atoms with van der Waals surface area (Å²) in [6, 6.07) is 22.2. The summed E-state index contributed by atoms with van der Waals surface area (Å²) in [5.74, 6) is 0.842. The molecule has 34 heavy (non-hydrogen) atoms. The average Bonchev–Trinajstić information content (AvgIpc) is 3.49. The summed E-state index contributed by atoms with van der Waals surface area (Å²) in [7, 11) is 1.69. The van der Waals surface area contributed by atoms with Crippen LogP contribution in [-0.2, 0) is 6.42 Å². The zero-order valence-corrected chi connectivity index (χ0v) is 20.7. The third-order valence-corrected chi connectivity index (χ3v) is 7.76. The van der Waals surface area contributed by atoms with Gasteiger partial charge in [-0.15, -0.1) is 11.3 Å². The van der Waals surface area contributed by atoms with Crippen molar-refractivity contribution in [2.24, 2.45) is 0 Å². The van der Waals surface area contributed by atoms with E-state index < -0.39 is 0 Å². The molecule has 0 aliphatic carbocycles. The second-order valence-electron chi connectivity index (χ2n) is 8.35. The summed E-state index contributed by atoms with van der Waals surface area (Å²) in [5, 5.41) is 5.78. The number of hydrogen-bond acceptors (Lipinski definition) is 4. The minimum Gasteiger partial charge on any atom is -0.497 e. The second-order valence-corrected chi connectivity index (χ2v) is 10.1. The summed E-state index contributed by atoms with van der Waals surface area (Å²) < 4.78 is 5.40. The van der Waals surface area contributed by atoms with Crippen LogP contribution in [0.1, 0.15) is 24.3 Å².